The second-order valence-corrected chi connectivity index (χ2v) is 4.64. The highest BCUT2D eigenvalue weighted by atomic mass is 16.5. The van der Waals surface area contributed by atoms with Crippen molar-refractivity contribution in [2.75, 3.05) is 6.54 Å². The molecular weight excluding hydrogens is 216 g/mol. The van der Waals surface area contributed by atoms with Crippen LogP contribution in [0.15, 0.2) is 6.33 Å². The summed E-state index contributed by atoms with van der Waals surface area (Å²) >= 11 is 0. The van der Waals surface area contributed by atoms with Crippen LogP contribution in [0.25, 0.3) is 0 Å². The molecule has 0 amide bonds. The van der Waals surface area contributed by atoms with E-state index in [1.807, 2.05) is 7.05 Å². The van der Waals surface area contributed by atoms with E-state index in [0.29, 0.717) is 18.8 Å². The van der Waals surface area contributed by atoms with Crippen molar-refractivity contribution in [3.63, 3.8) is 0 Å². The topological polar surface area (TPSA) is 52.0 Å². The molecule has 0 unspecified atom stereocenters. The van der Waals surface area contributed by atoms with E-state index in [1.165, 1.54) is 12.8 Å². The molecule has 2 rings (SSSR count). The molecule has 0 spiro atoms. The number of aromatic nitrogens is 3. The third-order valence-corrected chi connectivity index (χ3v) is 3.42. The van der Waals surface area contributed by atoms with Gasteiger partial charge in [-0.3, -0.25) is 4.68 Å². The smallest absolute Gasteiger partial charge is 0.152 e. The molecule has 5 nitrogen and oxygen atoms in total. The molecular formula is C12H22N4O. The lowest BCUT2D eigenvalue weighted by atomic mass is 9.93. The van der Waals surface area contributed by atoms with Gasteiger partial charge in [0.1, 0.15) is 12.9 Å². The Kier molecular flexibility index (Phi) is 4.50. The monoisotopic (exact) mass is 238 g/mol. The van der Waals surface area contributed by atoms with Gasteiger partial charge in [-0.05, 0) is 32.2 Å². The summed E-state index contributed by atoms with van der Waals surface area (Å²) in [5.41, 5.74) is 0. The third-order valence-electron chi connectivity index (χ3n) is 3.42. The molecule has 0 radical (unpaired) electrons. The fraction of sp³-hybridized carbons (Fsp3) is 0.833. The quantitative estimate of drug-likeness (QED) is 0.839. The summed E-state index contributed by atoms with van der Waals surface area (Å²) in [5, 5.41) is 7.53. The first-order chi connectivity index (χ1) is 8.29. The Morgan fingerprint density at radius 3 is 2.76 bits per heavy atom. The van der Waals surface area contributed by atoms with Crippen LogP contribution in [0, 0.1) is 0 Å². The highest BCUT2D eigenvalue weighted by molar-refractivity contribution is 4.82. The summed E-state index contributed by atoms with van der Waals surface area (Å²) in [5.74, 6) is 0.902. The van der Waals surface area contributed by atoms with Crippen molar-refractivity contribution >= 4 is 0 Å². The zero-order valence-electron chi connectivity index (χ0n) is 10.7. The van der Waals surface area contributed by atoms with Crippen molar-refractivity contribution in [3.8, 4) is 0 Å². The lowest BCUT2D eigenvalue weighted by Gasteiger charge is -2.28. The van der Waals surface area contributed by atoms with Gasteiger partial charge in [-0.1, -0.05) is 6.92 Å². The summed E-state index contributed by atoms with van der Waals surface area (Å²) in [6, 6.07) is 0.690. The van der Waals surface area contributed by atoms with Gasteiger partial charge in [0, 0.05) is 13.1 Å². The highest BCUT2D eigenvalue weighted by Crippen LogP contribution is 2.21. The molecule has 1 fully saturated rings. The van der Waals surface area contributed by atoms with Crippen molar-refractivity contribution in [2.45, 2.75) is 51.4 Å². The largest absolute Gasteiger partial charge is 0.370 e. The first kappa shape index (κ1) is 12.5. The fourth-order valence-corrected chi connectivity index (χ4v) is 2.37. The van der Waals surface area contributed by atoms with E-state index >= 15 is 0 Å². The molecule has 1 aromatic heterocycles. The van der Waals surface area contributed by atoms with E-state index in [-0.39, 0.29) is 0 Å². The van der Waals surface area contributed by atoms with Crippen LogP contribution in [-0.2, 0) is 18.4 Å². The molecule has 1 aliphatic carbocycles. The van der Waals surface area contributed by atoms with Gasteiger partial charge in [-0.25, -0.2) is 4.98 Å². The number of aryl methyl sites for hydroxylation is 1. The van der Waals surface area contributed by atoms with Crippen LogP contribution in [0.4, 0.5) is 0 Å². The molecule has 0 saturated heterocycles. The zero-order valence-corrected chi connectivity index (χ0v) is 10.7. The number of hydrogen-bond donors (Lipinski definition) is 1. The van der Waals surface area contributed by atoms with Gasteiger partial charge < -0.3 is 10.1 Å². The minimum Gasteiger partial charge on any atom is -0.370 e. The number of nitrogens with one attached hydrogen (secondary N) is 1. The van der Waals surface area contributed by atoms with Crippen LogP contribution in [0.5, 0.6) is 0 Å². The van der Waals surface area contributed by atoms with E-state index in [1.54, 1.807) is 11.0 Å². The average Bonchev–Trinajstić information content (AvgIpc) is 2.75. The van der Waals surface area contributed by atoms with Crippen LogP contribution >= 0.6 is 0 Å². The van der Waals surface area contributed by atoms with Crippen molar-refractivity contribution in [1.29, 1.82) is 0 Å². The van der Waals surface area contributed by atoms with Crippen molar-refractivity contribution in [2.24, 2.45) is 7.05 Å². The predicted octanol–water partition coefficient (Wildman–Crippen LogP) is 1.25. The molecule has 1 N–H and O–H groups in total. The second-order valence-electron chi connectivity index (χ2n) is 4.64. The molecule has 0 aromatic carbocycles. The van der Waals surface area contributed by atoms with E-state index in [2.05, 4.69) is 22.3 Å². The maximum atomic E-state index is 5.88. The zero-order chi connectivity index (χ0) is 12.1. The molecule has 0 bridgehead atoms. The van der Waals surface area contributed by atoms with Gasteiger partial charge in [-0.15, -0.1) is 0 Å². The van der Waals surface area contributed by atoms with Gasteiger partial charge in [0.05, 0.1) is 6.10 Å². The molecule has 1 aliphatic rings. The van der Waals surface area contributed by atoms with Crippen LogP contribution in [0.2, 0.25) is 0 Å². The maximum Gasteiger partial charge on any atom is 0.152 e. The van der Waals surface area contributed by atoms with Crippen LogP contribution in [0.3, 0.4) is 0 Å². The first-order valence-corrected chi connectivity index (χ1v) is 6.47. The van der Waals surface area contributed by atoms with Gasteiger partial charge in [0.15, 0.2) is 5.82 Å². The van der Waals surface area contributed by atoms with E-state index in [4.69, 9.17) is 4.74 Å². The third kappa shape index (κ3) is 3.51. The number of nitrogens with zero attached hydrogens (tertiary/aromatic N) is 3. The summed E-state index contributed by atoms with van der Waals surface area (Å²) in [6.45, 7) is 3.80. The molecule has 96 valence electrons. The summed E-state index contributed by atoms with van der Waals surface area (Å²) < 4.78 is 7.65. The first-order valence-electron chi connectivity index (χ1n) is 6.47. The van der Waals surface area contributed by atoms with Crippen LogP contribution in [-0.4, -0.2) is 33.5 Å². The summed E-state index contributed by atoms with van der Waals surface area (Å²) in [7, 11) is 1.90. The average molecular weight is 238 g/mol. The molecule has 1 heterocycles. The Labute approximate surface area is 103 Å². The Morgan fingerprint density at radius 2 is 2.18 bits per heavy atom. The van der Waals surface area contributed by atoms with Crippen molar-refractivity contribution in [1.82, 2.24) is 20.1 Å². The standard InChI is InChI=1S/C12H22N4O/c1-3-13-10-4-6-11(7-5-10)17-8-12-14-9-15-16(12)2/h9-11,13H,3-8H2,1-2H3. The van der Waals surface area contributed by atoms with Gasteiger partial charge >= 0.3 is 0 Å². The minimum absolute atomic E-state index is 0.390. The lowest BCUT2D eigenvalue weighted by Crippen LogP contribution is -2.35. The summed E-state index contributed by atoms with van der Waals surface area (Å²) in [4.78, 5) is 4.16. The molecule has 1 saturated carbocycles. The van der Waals surface area contributed by atoms with Gasteiger partial charge in [-0.2, -0.15) is 5.10 Å². The van der Waals surface area contributed by atoms with E-state index in [9.17, 15) is 0 Å². The van der Waals surface area contributed by atoms with E-state index < -0.39 is 0 Å². The Morgan fingerprint density at radius 1 is 1.41 bits per heavy atom. The maximum absolute atomic E-state index is 5.88. The Balaban J connectivity index is 1.70. The Bertz CT molecular complexity index is 331. The fourth-order valence-electron chi connectivity index (χ4n) is 2.37. The van der Waals surface area contributed by atoms with Gasteiger partial charge in [0.25, 0.3) is 0 Å². The number of rotatable bonds is 5. The summed E-state index contributed by atoms with van der Waals surface area (Å²) in [6.07, 6.45) is 6.70. The molecule has 0 aliphatic heterocycles. The minimum atomic E-state index is 0.390. The second kappa shape index (κ2) is 6.12. The SMILES string of the molecule is CCNC1CCC(OCc2ncnn2C)CC1. The highest BCUT2D eigenvalue weighted by Gasteiger charge is 2.21. The van der Waals surface area contributed by atoms with Crippen LogP contribution < -0.4 is 5.32 Å². The van der Waals surface area contributed by atoms with E-state index in [0.717, 1.165) is 25.2 Å². The Hall–Kier alpha value is -0.940. The van der Waals surface area contributed by atoms with Crippen molar-refractivity contribution in [3.05, 3.63) is 12.2 Å². The molecule has 17 heavy (non-hydrogen) atoms. The number of ether oxygens (including phenoxy) is 1. The molecule has 1 aromatic rings. The van der Waals surface area contributed by atoms with Gasteiger partial charge in [0.2, 0.25) is 0 Å². The predicted molar refractivity (Wildman–Crippen MR) is 65.5 cm³/mol. The normalized spacial score (nSPS) is 25.1. The molecule has 0 atom stereocenters. The molecule has 5 heteroatoms. The number of hydrogen-bond acceptors (Lipinski definition) is 4. The lowest BCUT2D eigenvalue weighted by molar-refractivity contribution is 0.00704. The van der Waals surface area contributed by atoms with Crippen LogP contribution in [0.1, 0.15) is 38.4 Å². The van der Waals surface area contributed by atoms with Crippen molar-refractivity contribution < 1.29 is 4.74 Å².